The van der Waals surface area contributed by atoms with Crippen LogP contribution >= 0.6 is 0 Å². The number of hydrogen-bond donors (Lipinski definition) is 3. The zero-order valence-electron chi connectivity index (χ0n) is 22.1. The van der Waals surface area contributed by atoms with Gasteiger partial charge in [-0.05, 0) is 73.1 Å². The lowest BCUT2D eigenvalue weighted by Crippen LogP contribution is -2.46. The van der Waals surface area contributed by atoms with E-state index in [-0.39, 0.29) is 36.7 Å². The Balaban J connectivity index is 1.46. The van der Waals surface area contributed by atoms with Crippen molar-refractivity contribution in [3.8, 4) is 5.75 Å². The Bertz CT molecular complexity index is 1170. The normalized spacial score (nSPS) is 20.6. The van der Waals surface area contributed by atoms with E-state index in [0.29, 0.717) is 29.6 Å². The second-order valence-electron chi connectivity index (χ2n) is 10.5. The standard InChI is InChI=1S/C29H34F3N3O5/c30-29(31,32)40-25-13-10-23(11-14-25)34-28(39)35(24-12-9-20-3-1-2-4-22(20)17-24)18-19-5-7-21(8-6-19)27(38)33-16-15-26(36)37/h5-8,10-11,13-14,20,22,24H,1-4,9,12,15-18H2,(H,33,38)(H,34,39)(H,36,37). The number of amides is 3. The van der Waals surface area contributed by atoms with Crippen LogP contribution in [0.1, 0.15) is 67.3 Å². The highest BCUT2D eigenvalue weighted by atomic mass is 19.4. The van der Waals surface area contributed by atoms with Crippen LogP contribution in [0.3, 0.4) is 0 Å². The molecule has 4 rings (SSSR count). The van der Waals surface area contributed by atoms with Gasteiger partial charge in [-0.2, -0.15) is 0 Å². The van der Waals surface area contributed by atoms with Gasteiger partial charge in [0.2, 0.25) is 0 Å². The fourth-order valence-corrected chi connectivity index (χ4v) is 5.78. The number of aliphatic carboxylic acids is 1. The first-order valence-corrected chi connectivity index (χ1v) is 13.6. The lowest BCUT2D eigenvalue weighted by atomic mass is 9.69. The average Bonchev–Trinajstić information content (AvgIpc) is 2.91. The predicted octanol–water partition coefficient (Wildman–Crippen LogP) is 6.18. The first-order chi connectivity index (χ1) is 19.1. The number of urea groups is 1. The number of carbonyl (C=O) groups is 3. The van der Waals surface area contributed by atoms with E-state index in [9.17, 15) is 27.6 Å². The van der Waals surface area contributed by atoms with Crippen LogP contribution in [0.5, 0.6) is 5.75 Å². The summed E-state index contributed by atoms with van der Waals surface area (Å²) in [7, 11) is 0. The molecular formula is C29H34F3N3O5. The van der Waals surface area contributed by atoms with E-state index in [1.807, 2.05) is 0 Å². The maximum atomic E-state index is 13.5. The lowest BCUT2D eigenvalue weighted by molar-refractivity contribution is -0.274. The molecule has 0 heterocycles. The van der Waals surface area contributed by atoms with E-state index in [0.717, 1.165) is 43.4 Å². The van der Waals surface area contributed by atoms with Crippen molar-refractivity contribution >= 4 is 23.6 Å². The van der Waals surface area contributed by atoms with Gasteiger partial charge in [-0.25, -0.2) is 4.79 Å². The number of benzene rings is 2. The van der Waals surface area contributed by atoms with Crippen LogP contribution in [0, 0.1) is 11.8 Å². The molecule has 3 amide bonds. The van der Waals surface area contributed by atoms with Crippen molar-refractivity contribution in [3.05, 3.63) is 59.7 Å². The smallest absolute Gasteiger partial charge is 0.481 e. The van der Waals surface area contributed by atoms with Gasteiger partial charge >= 0.3 is 18.4 Å². The van der Waals surface area contributed by atoms with E-state index in [1.165, 1.54) is 31.4 Å². The highest BCUT2D eigenvalue weighted by molar-refractivity contribution is 5.94. The summed E-state index contributed by atoms with van der Waals surface area (Å²) in [5, 5.41) is 14.1. The number of anilines is 1. The monoisotopic (exact) mass is 561 g/mol. The van der Waals surface area contributed by atoms with Crippen LogP contribution in [0.4, 0.5) is 23.7 Å². The van der Waals surface area contributed by atoms with Gasteiger partial charge in [0.05, 0.1) is 6.42 Å². The van der Waals surface area contributed by atoms with Gasteiger partial charge in [-0.1, -0.05) is 37.8 Å². The molecule has 2 saturated carbocycles. The highest BCUT2D eigenvalue weighted by Crippen LogP contribution is 2.42. The third kappa shape index (κ3) is 8.37. The molecule has 2 aliphatic rings. The van der Waals surface area contributed by atoms with Gasteiger partial charge in [-0.3, -0.25) is 9.59 Å². The maximum Gasteiger partial charge on any atom is 0.573 e. The average molecular weight is 562 g/mol. The zero-order valence-corrected chi connectivity index (χ0v) is 22.1. The minimum Gasteiger partial charge on any atom is -0.481 e. The first-order valence-electron chi connectivity index (χ1n) is 13.6. The van der Waals surface area contributed by atoms with Crippen LogP contribution in [0.25, 0.3) is 0 Å². The molecule has 216 valence electrons. The molecule has 2 fully saturated rings. The molecule has 0 bridgehead atoms. The minimum atomic E-state index is -4.80. The van der Waals surface area contributed by atoms with E-state index >= 15 is 0 Å². The van der Waals surface area contributed by atoms with Crippen molar-refractivity contribution in [1.29, 1.82) is 0 Å². The predicted molar refractivity (Wildman–Crippen MR) is 142 cm³/mol. The summed E-state index contributed by atoms with van der Waals surface area (Å²) in [5.41, 5.74) is 1.55. The Labute approximate surface area is 230 Å². The zero-order chi connectivity index (χ0) is 28.7. The summed E-state index contributed by atoms with van der Waals surface area (Å²) in [4.78, 5) is 38.3. The Morgan fingerprint density at radius 3 is 2.25 bits per heavy atom. The van der Waals surface area contributed by atoms with Gasteiger partial charge in [0.25, 0.3) is 5.91 Å². The van der Waals surface area contributed by atoms with Crippen molar-refractivity contribution in [2.24, 2.45) is 11.8 Å². The largest absolute Gasteiger partial charge is 0.573 e. The van der Waals surface area contributed by atoms with Crippen molar-refractivity contribution in [2.45, 2.75) is 70.3 Å². The fourth-order valence-electron chi connectivity index (χ4n) is 5.78. The van der Waals surface area contributed by atoms with E-state index < -0.39 is 12.3 Å². The molecule has 0 saturated heterocycles. The van der Waals surface area contributed by atoms with Crippen LogP contribution in [-0.4, -0.2) is 46.9 Å². The highest BCUT2D eigenvalue weighted by Gasteiger charge is 2.36. The topological polar surface area (TPSA) is 108 Å². The minimum absolute atomic E-state index is 0.00572. The SMILES string of the molecule is O=C(O)CCNC(=O)c1ccc(CN(C(=O)Nc2ccc(OC(F)(F)F)cc2)C2CCC3CCCCC3C2)cc1. The summed E-state index contributed by atoms with van der Waals surface area (Å²) in [5.74, 6) is -0.489. The molecule has 0 radical (unpaired) electrons. The number of rotatable bonds is 9. The van der Waals surface area contributed by atoms with Crippen LogP contribution in [0.15, 0.2) is 48.5 Å². The number of alkyl halides is 3. The Hall–Kier alpha value is -3.76. The molecule has 40 heavy (non-hydrogen) atoms. The summed E-state index contributed by atoms with van der Waals surface area (Å²) >= 11 is 0. The molecular weight excluding hydrogens is 527 g/mol. The molecule has 8 nitrogen and oxygen atoms in total. The molecule has 3 unspecified atom stereocenters. The lowest BCUT2D eigenvalue weighted by Gasteiger charge is -2.43. The third-order valence-corrected chi connectivity index (χ3v) is 7.75. The molecule has 0 aromatic heterocycles. The molecule has 3 atom stereocenters. The van der Waals surface area contributed by atoms with Crippen molar-refractivity contribution < 1.29 is 37.4 Å². The quantitative estimate of drug-likeness (QED) is 0.339. The number of halogens is 3. The van der Waals surface area contributed by atoms with Crippen LogP contribution < -0.4 is 15.4 Å². The second-order valence-corrected chi connectivity index (χ2v) is 10.5. The molecule has 2 aromatic rings. The molecule has 2 aromatic carbocycles. The van der Waals surface area contributed by atoms with Crippen LogP contribution in [-0.2, 0) is 11.3 Å². The van der Waals surface area contributed by atoms with E-state index in [2.05, 4.69) is 15.4 Å². The van der Waals surface area contributed by atoms with Crippen molar-refractivity contribution in [3.63, 3.8) is 0 Å². The van der Waals surface area contributed by atoms with E-state index in [4.69, 9.17) is 5.11 Å². The van der Waals surface area contributed by atoms with Gasteiger partial charge in [0.1, 0.15) is 5.75 Å². The summed E-state index contributed by atoms with van der Waals surface area (Å²) < 4.78 is 41.4. The van der Waals surface area contributed by atoms with Gasteiger partial charge < -0.3 is 25.4 Å². The number of carboxylic acids is 1. The number of carbonyl (C=O) groups excluding carboxylic acids is 2. The number of hydrogen-bond acceptors (Lipinski definition) is 4. The van der Waals surface area contributed by atoms with Gasteiger partial charge in [0, 0.05) is 30.4 Å². The Kier molecular flexibility index (Phi) is 9.54. The summed E-state index contributed by atoms with van der Waals surface area (Å²) in [6.45, 7) is 0.321. The number of nitrogens with zero attached hydrogens (tertiary/aromatic N) is 1. The molecule has 11 heteroatoms. The second kappa shape index (κ2) is 13.1. The molecule has 0 spiro atoms. The summed E-state index contributed by atoms with van der Waals surface area (Å²) in [6, 6.07) is 11.5. The fraction of sp³-hybridized carbons (Fsp3) is 0.483. The Morgan fingerprint density at radius 1 is 0.925 bits per heavy atom. The van der Waals surface area contributed by atoms with Crippen molar-refractivity contribution in [2.75, 3.05) is 11.9 Å². The van der Waals surface area contributed by atoms with Gasteiger partial charge in [-0.15, -0.1) is 13.2 Å². The molecule has 0 aliphatic heterocycles. The number of ether oxygens (including phenoxy) is 1. The first kappa shape index (κ1) is 29.2. The van der Waals surface area contributed by atoms with E-state index in [1.54, 1.807) is 29.2 Å². The summed E-state index contributed by atoms with van der Waals surface area (Å²) in [6.07, 6.45) is 2.69. The third-order valence-electron chi connectivity index (χ3n) is 7.75. The molecule has 2 aliphatic carbocycles. The van der Waals surface area contributed by atoms with Crippen molar-refractivity contribution in [1.82, 2.24) is 10.2 Å². The maximum absolute atomic E-state index is 13.5. The van der Waals surface area contributed by atoms with Crippen LogP contribution in [0.2, 0.25) is 0 Å². The van der Waals surface area contributed by atoms with Gasteiger partial charge in [0.15, 0.2) is 0 Å². The number of nitrogens with one attached hydrogen (secondary N) is 2. The number of carboxylic acid groups (broad SMARTS) is 1. The number of fused-ring (bicyclic) bond motifs is 1. The molecule has 3 N–H and O–H groups in total. The Morgan fingerprint density at radius 2 is 1.60 bits per heavy atom.